The second kappa shape index (κ2) is 26.9. The molecule has 0 aromatic carbocycles. The molecule has 0 amide bonds. The molecule has 0 saturated carbocycles. The Labute approximate surface area is 218 Å². The maximum Gasteiger partial charge on any atom is 0.160 e. The molecule has 4 atom stereocenters. The highest BCUT2D eigenvalue weighted by molar-refractivity contribution is 4.59. The summed E-state index contributed by atoms with van der Waals surface area (Å²) in [7, 11) is 0. The molecule has 0 heterocycles. The molecule has 0 radical (unpaired) electrons. The lowest BCUT2D eigenvalue weighted by Crippen LogP contribution is -2.28. The standard InChI is InChI=1S/C30H62O5/c1-5-17-27(3)19-15-21-29(33-25-13-9-7-11-23-31)35-30(22-16-20-28(4)18-6-2)34-26-14-10-8-12-24-32/h27-32H,5-26H2,1-4H3. The van der Waals surface area contributed by atoms with Crippen LogP contribution in [0.15, 0.2) is 0 Å². The Bertz CT molecular complexity index is 370. The van der Waals surface area contributed by atoms with Crippen LogP contribution in [-0.2, 0) is 14.2 Å². The van der Waals surface area contributed by atoms with E-state index in [1.807, 2.05) is 0 Å². The molecule has 0 aliphatic carbocycles. The van der Waals surface area contributed by atoms with E-state index >= 15 is 0 Å². The van der Waals surface area contributed by atoms with Gasteiger partial charge in [-0.1, -0.05) is 91.9 Å². The molecular weight excluding hydrogens is 440 g/mol. The summed E-state index contributed by atoms with van der Waals surface area (Å²) in [4.78, 5) is 0. The van der Waals surface area contributed by atoms with Crippen molar-refractivity contribution in [1.29, 1.82) is 0 Å². The molecule has 212 valence electrons. The number of hydrogen-bond acceptors (Lipinski definition) is 5. The molecule has 0 spiro atoms. The first-order valence-corrected chi connectivity index (χ1v) is 15.2. The fourth-order valence-corrected chi connectivity index (χ4v) is 4.66. The summed E-state index contributed by atoms with van der Waals surface area (Å²) in [6, 6.07) is 0. The van der Waals surface area contributed by atoms with E-state index < -0.39 is 0 Å². The lowest BCUT2D eigenvalue weighted by molar-refractivity contribution is -0.250. The molecule has 0 rings (SSSR count). The van der Waals surface area contributed by atoms with Crippen molar-refractivity contribution < 1.29 is 24.4 Å². The molecule has 5 heteroatoms. The summed E-state index contributed by atoms with van der Waals surface area (Å²) in [5, 5.41) is 18.0. The van der Waals surface area contributed by atoms with E-state index in [1.54, 1.807) is 0 Å². The first kappa shape index (κ1) is 34.8. The number of rotatable bonds is 28. The van der Waals surface area contributed by atoms with Crippen molar-refractivity contribution >= 4 is 0 Å². The van der Waals surface area contributed by atoms with Gasteiger partial charge >= 0.3 is 0 Å². The Kier molecular flexibility index (Phi) is 26.7. The summed E-state index contributed by atoms with van der Waals surface area (Å²) in [6.45, 7) is 11.2. The van der Waals surface area contributed by atoms with E-state index in [1.165, 1.54) is 38.5 Å². The van der Waals surface area contributed by atoms with E-state index in [4.69, 9.17) is 24.4 Å². The van der Waals surface area contributed by atoms with Crippen LogP contribution in [0.1, 0.15) is 143 Å². The summed E-state index contributed by atoms with van der Waals surface area (Å²) in [5.74, 6) is 1.51. The smallest absolute Gasteiger partial charge is 0.160 e. The van der Waals surface area contributed by atoms with Crippen LogP contribution in [0, 0.1) is 11.8 Å². The van der Waals surface area contributed by atoms with Crippen LogP contribution in [0.3, 0.4) is 0 Å². The zero-order valence-corrected chi connectivity index (χ0v) is 24.0. The van der Waals surface area contributed by atoms with E-state index in [9.17, 15) is 0 Å². The lowest BCUT2D eigenvalue weighted by Gasteiger charge is -2.26. The Balaban J connectivity index is 4.75. The minimum Gasteiger partial charge on any atom is -0.396 e. The average Bonchev–Trinajstić information content (AvgIpc) is 2.83. The van der Waals surface area contributed by atoms with Gasteiger partial charge < -0.3 is 24.4 Å². The third kappa shape index (κ3) is 23.9. The second-order valence-corrected chi connectivity index (χ2v) is 10.7. The molecule has 0 saturated heterocycles. The van der Waals surface area contributed by atoms with Crippen LogP contribution in [0.25, 0.3) is 0 Å². The normalized spacial score (nSPS) is 15.3. The molecule has 0 aliphatic rings. The molecule has 35 heavy (non-hydrogen) atoms. The molecule has 4 unspecified atom stereocenters. The third-order valence-electron chi connectivity index (χ3n) is 6.85. The summed E-state index contributed by atoms with van der Waals surface area (Å²) >= 11 is 0. The predicted molar refractivity (Wildman–Crippen MR) is 148 cm³/mol. The molecule has 0 aromatic rings. The first-order valence-electron chi connectivity index (χ1n) is 15.2. The highest BCUT2D eigenvalue weighted by Crippen LogP contribution is 2.21. The maximum atomic E-state index is 8.98. The zero-order chi connectivity index (χ0) is 26.0. The monoisotopic (exact) mass is 502 g/mol. The van der Waals surface area contributed by atoms with Crippen molar-refractivity contribution in [3.05, 3.63) is 0 Å². The van der Waals surface area contributed by atoms with Crippen molar-refractivity contribution in [2.24, 2.45) is 11.8 Å². The molecule has 2 N–H and O–H groups in total. The van der Waals surface area contributed by atoms with Crippen LogP contribution < -0.4 is 0 Å². The highest BCUT2D eigenvalue weighted by Gasteiger charge is 2.19. The zero-order valence-electron chi connectivity index (χ0n) is 24.0. The highest BCUT2D eigenvalue weighted by atomic mass is 16.8. The van der Waals surface area contributed by atoms with Gasteiger partial charge in [-0.2, -0.15) is 0 Å². The molecule has 5 nitrogen and oxygen atoms in total. The van der Waals surface area contributed by atoms with Crippen LogP contribution in [-0.4, -0.2) is 49.2 Å². The SMILES string of the molecule is CCCC(C)CCCC(OCCCCCCO)OC(CCCC(C)CCC)OCCCCCCO. The van der Waals surface area contributed by atoms with Crippen LogP contribution in [0.4, 0.5) is 0 Å². The third-order valence-corrected chi connectivity index (χ3v) is 6.85. The Hall–Kier alpha value is -0.200. The Morgan fingerprint density at radius 3 is 1.26 bits per heavy atom. The fraction of sp³-hybridized carbons (Fsp3) is 1.00. The fourth-order valence-electron chi connectivity index (χ4n) is 4.66. The van der Waals surface area contributed by atoms with Gasteiger partial charge in [0.05, 0.1) is 0 Å². The lowest BCUT2D eigenvalue weighted by atomic mass is 9.99. The number of unbranched alkanes of at least 4 members (excludes halogenated alkanes) is 6. The van der Waals surface area contributed by atoms with Gasteiger partial charge in [0.15, 0.2) is 12.6 Å². The van der Waals surface area contributed by atoms with Crippen LogP contribution in [0.5, 0.6) is 0 Å². The number of aliphatic hydroxyl groups excluding tert-OH is 2. The molecule has 0 bridgehead atoms. The van der Waals surface area contributed by atoms with Crippen molar-refractivity contribution in [2.75, 3.05) is 26.4 Å². The van der Waals surface area contributed by atoms with Gasteiger partial charge in [0.2, 0.25) is 0 Å². The van der Waals surface area contributed by atoms with Gasteiger partial charge in [-0.25, -0.2) is 0 Å². The largest absolute Gasteiger partial charge is 0.396 e. The van der Waals surface area contributed by atoms with Gasteiger partial charge in [-0.05, 0) is 63.2 Å². The minimum atomic E-state index is -0.200. The van der Waals surface area contributed by atoms with Crippen molar-refractivity contribution in [1.82, 2.24) is 0 Å². The average molecular weight is 503 g/mol. The van der Waals surface area contributed by atoms with Gasteiger partial charge in [-0.3, -0.25) is 0 Å². The van der Waals surface area contributed by atoms with E-state index in [-0.39, 0.29) is 25.8 Å². The summed E-state index contributed by atoms with van der Waals surface area (Å²) < 4.78 is 18.9. The van der Waals surface area contributed by atoms with Crippen LogP contribution >= 0.6 is 0 Å². The van der Waals surface area contributed by atoms with Gasteiger partial charge in [0.25, 0.3) is 0 Å². The summed E-state index contributed by atoms with van der Waals surface area (Å²) in [6.07, 6.45) is 19.3. The van der Waals surface area contributed by atoms with E-state index in [0.29, 0.717) is 13.2 Å². The van der Waals surface area contributed by atoms with E-state index in [2.05, 4.69) is 27.7 Å². The van der Waals surface area contributed by atoms with Gasteiger partial charge in [0, 0.05) is 26.4 Å². The predicted octanol–water partition coefficient (Wildman–Crippen LogP) is 8.01. The van der Waals surface area contributed by atoms with E-state index in [0.717, 1.165) is 88.9 Å². The number of aliphatic hydroxyl groups is 2. The van der Waals surface area contributed by atoms with Crippen molar-refractivity contribution in [2.45, 2.75) is 156 Å². The maximum absolute atomic E-state index is 8.98. The quantitative estimate of drug-likeness (QED) is 0.0837. The second-order valence-electron chi connectivity index (χ2n) is 10.7. The summed E-state index contributed by atoms with van der Waals surface area (Å²) in [5.41, 5.74) is 0. The molecule has 0 aromatic heterocycles. The van der Waals surface area contributed by atoms with Crippen molar-refractivity contribution in [3.8, 4) is 0 Å². The number of ether oxygens (including phenoxy) is 3. The molecule has 0 fully saturated rings. The number of hydrogen-bond donors (Lipinski definition) is 2. The first-order chi connectivity index (χ1) is 17.1. The Morgan fingerprint density at radius 2 is 0.886 bits per heavy atom. The molecular formula is C30H62O5. The Morgan fingerprint density at radius 1 is 0.486 bits per heavy atom. The molecule has 0 aliphatic heterocycles. The van der Waals surface area contributed by atoms with Gasteiger partial charge in [-0.15, -0.1) is 0 Å². The van der Waals surface area contributed by atoms with Gasteiger partial charge in [0.1, 0.15) is 0 Å². The topological polar surface area (TPSA) is 68.2 Å². The minimum absolute atomic E-state index is 0.200. The van der Waals surface area contributed by atoms with Crippen LogP contribution in [0.2, 0.25) is 0 Å². The van der Waals surface area contributed by atoms with Crippen molar-refractivity contribution in [3.63, 3.8) is 0 Å².